The number of hydrazone groups is 1. The van der Waals surface area contributed by atoms with Crippen LogP contribution in [0.5, 0.6) is 5.75 Å². The number of carbonyl (C=O) groups is 1. The number of benzene rings is 1. The zero-order valence-electron chi connectivity index (χ0n) is 12.0. The first-order chi connectivity index (χ1) is 11.2. The zero-order valence-corrected chi connectivity index (χ0v) is 12.0. The van der Waals surface area contributed by atoms with Gasteiger partial charge >= 0.3 is 0 Å². The number of H-pyrrole nitrogens is 1. The van der Waals surface area contributed by atoms with Gasteiger partial charge in [-0.25, -0.2) is 5.43 Å². The number of aromatic amines is 1. The largest absolute Gasteiger partial charge is 0.507 e. The van der Waals surface area contributed by atoms with E-state index in [4.69, 9.17) is 0 Å². The summed E-state index contributed by atoms with van der Waals surface area (Å²) in [5, 5.41) is 20.1. The van der Waals surface area contributed by atoms with Gasteiger partial charge in [0, 0.05) is 11.8 Å². The van der Waals surface area contributed by atoms with E-state index in [9.17, 15) is 9.90 Å². The molecular formula is C16H13N5O2. The van der Waals surface area contributed by atoms with Crippen molar-refractivity contribution in [2.45, 2.75) is 0 Å². The van der Waals surface area contributed by atoms with Crippen LogP contribution in [0.2, 0.25) is 0 Å². The highest BCUT2D eigenvalue weighted by atomic mass is 16.3. The molecule has 0 spiro atoms. The SMILES string of the molecule is O=C(N/N=C/c1ccccc1O)c1cc(-c2ccccn2)n[nH]1. The molecule has 0 atom stereocenters. The average Bonchev–Trinajstić information content (AvgIpc) is 3.07. The summed E-state index contributed by atoms with van der Waals surface area (Å²) in [7, 11) is 0. The lowest BCUT2D eigenvalue weighted by atomic mass is 10.2. The van der Waals surface area contributed by atoms with Gasteiger partial charge in [0.05, 0.1) is 11.9 Å². The van der Waals surface area contributed by atoms with Crippen molar-refractivity contribution in [3.8, 4) is 17.1 Å². The molecule has 3 rings (SSSR count). The molecular weight excluding hydrogens is 294 g/mol. The number of amides is 1. The number of hydrogen-bond acceptors (Lipinski definition) is 5. The molecule has 0 radical (unpaired) electrons. The van der Waals surface area contributed by atoms with Crippen LogP contribution in [0.15, 0.2) is 59.8 Å². The van der Waals surface area contributed by atoms with E-state index < -0.39 is 5.91 Å². The molecule has 2 heterocycles. The molecule has 7 nitrogen and oxygen atoms in total. The van der Waals surface area contributed by atoms with Crippen molar-refractivity contribution in [1.82, 2.24) is 20.6 Å². The van der Waals surface area contributed by atoms with E-state index in [1.165, 1.54) is 12.3 Å². The lowest BCUT2D eigenvalue weighted by Gasteiger charge is -1.98. The second kappa shape index (κ2) is 6.52. The highest BCUT2D eigenvalue weighted by Gasteiger charge is 2.10. The maximum atomic E-state index is 12.0. The highest BCUT2D eigenvalue weighted by Crippen LogP contribution is 2.14. The molecule has 0 fully saturated rings. The summed E-state index contributed by atoms with van der Waals surface area (Å²) >= 11 is 0. The fourth-order valence-electron chi connectivity index (χ4n) is 1.90. The van der Waals surface area contributed by atoms with E-state index in [0.29, 0.717) is 17.0 Å². The molecule has 114 valence electrons. The first-order valence-corrected chi connectivity index (χ1v) is 6.82. The van der Waals surface area contributed by atoms with Crippen molar-refractivity contribution in [3.05, 3.63) is 66.0 Å². The van der Waals surface area contributed by atoms with Crippen LogP contribution < -0.4 is 5.43 Å². The Kier molecular flexibility index (Phi) is 4.10. The molecule has 3 N–H and O–H groups in total. The van der Waals surface area contributed by atoms with Gasteiger partial charge in [-0.15, -0.1) is 0 Å². The number of hydrogen-bond donors (Lipinski definition) is 3. The number of aromatic nitrogens is 3. The Morgan fingerprint density at radius 3 is 2.78 bits per heavy atom. The van der Waals surface area contributed by atoms with E-state index in [2.05, 4.69) is 25.7 Å². The predicted octanol–water partition coefficient (Wildman–Crippen LogP) is 1.94. The van der Waals surface area contributed by atoms with E-state index in [-0.39, 0.29) is 11.4 Å². The van der Waals surface area contributed by atoms with Crippen molar-refractivity contribution >= 4 is 12.1 Å². The normalized spacial score (nSPS) is 10.8. The minimum absolute atomic E-state index is 0.0875. The van der Waals surface area contributed by atoms with Gasteiger partial charge in [0.25, 0.3) is 5.91 Å². The van der Waals surface area contributed by atoms with Gasteiger partial charge in [-0.2, -0.15) is 10.2 Å². The van der Waals surface area contributed by atoms with Gasteiger partial charge in [0.1, 0.15) is 17.1 Å². The minimum atomic E-state index is -0.439. The second-order valence-corrected chi connectivity index (χ2v) is 4.64. The number of carbonyl (C=O) groups excluding carboxylic acids is 1. The first kappa shape index (κ1) is 14.5. The fraction of sp³-hybridized carbons (Fsp3) is 0. The molecule has 0 saturated carbocycles. The summed E-state index contributed by atoms with van der Waals surface area (Å²) in [5.41, 5.74) is 4.37. The summed E-state index contributed by atoms with van der Waals surface area (Å²) in [6.07, 6.45) is 3.02. The van der Waals surface area contributed by atoms with E-state index in [1.54, 1.807) is 42.6 Å². The van der Waals surface area contributed by atoms with Crippen molar-refractivity contribution < 1.29 is 9.90 Å². The third-order valence-electron chi connectivity index (χ3n) is 3.06. The lowest BCUT2D eigenvalue weighted by molar-refractivity contribution is 0.0950. The lowest BCUT2D eigenvalue weighted by Crippen LogP contribution is -2.18. The summed E-state index contributed by atoms with van der Waals surface area (Å²) in [6, 6.07) is 13.7. The molecule has 0 aliphatic rings. The Hall–Kier alpha value is -3.48. The molecule has 0 aliphatic carbocycles. The zero-order chi connectivity index (χ0) is 16.1. The monoisotopic (exact) mass is 307 g/mol. The smallest absolute Gasteiger partial charge is 0.289 e. The van der Waals surface area contributed by atoms with Crippen molar-refractivity contribution in [3.63, 3.8) is 0 Å². The molecule has 0 aliphatic heterocycles. The molecule has 0 unspecified atom stereocenters. The first-order valence-electron chi connectivity index (χ1n) is 6.82. The van der Waals surface area contributed by atoms with E-state index in [1.807, 2.05) is 6.07 Å². The third-order valence-corrected chi connectivity index (χ3v) is 3.06. The van der Waals surface area contributed by atoms with Gasteiger partial charge in [0.15, 0.2) is 0 Å². The number of phenols is 1. The molecule has 3 aromatic rings. The minimum Gasteiger partial charge on any atom is -0.507 e. The quantitative estimate of drug-likeness (QED) is 0.506. The van der Waals surface area contributed by atoms with Crippen LogP contribution in [-0.4, -0.2) is 32.4 Å². The third kappa shape index (κ3) is 3.41. The number of aromatic hydroxyl groups is 1. The molecule has 7 heteroatoms. The highest BCUT2D eigenvalue weighted by molar-refractivity contribution is 5.94. The summed E-state index contributed by atoms with van der Waals surface area (Å²) < 4.78 is 0. The van der Waals surface area contributed by atoms with Crippen LogP contribution in [0.1, 0.15) is 16.1 Å². The van der Waals surface area contributed by atoms with Crippen LogP contribution in [-0.2, 0) is 0 Å². The average molecular weight is 307 g/mol. The van der Waals surface area contributed by atoms with Gasteiger partial charge in [-0.05, 0) is 30.3 Å². The van der Waals surface area contributed by atoms with Crippen molar-refractivity contribution in [2.24, 2.45) is 5.10 Å². The van der Waals surface area contributed by atoms with Crippen LogP contribution in [0, 0.1) is 0 Å². The van der Waals surface area contributed by atoms with Crippen molar-refractivity contribution in [1.29, 1.82) is 0 Å². The number of nitrogens with one attached hydrogen (secondary N) is 2. The van der Waals surface area contributed by atoms with Crippen molar-refractivity contribution in [2.75, 3.05) is 0 Å². The maximum Gasteiger partial charge on any atom is 0.289 e. The maximum absolute atomic E-state index is 12.0. The summed E-state index contributed by atoms with van der Waals surface area (Å²) in [4.78, 5) is 16.1. The Bertz CT molecular complexity index is 842. The van der Waals surface area contributed by atoms with Crippen LogP contribution >= 0.6 is 0 Å². The molecule has 0 bridgehead atoms. The number of phenolic OH excluding ortho intramolecular Hbond substituents is 1. The fourth-order valence-corrected chi connectivity index (χ4v) is 1.90. The second-order valence-electron chi connectivity index (χ2n) is 4.64. The predicted molar refractivity (Wildman–Crippen MR) is 85.0 cm³/mol. The number of rotatable bonds is 4. The van der Waals surface area contributed by atoms with Crippen LogP contribution in [0.4, 0.5) is 0 Å². The van der Waals surface area contributed by atoms with E-state index in [0.717, 1.165) is 0 Å². The number of para-hydroxylation sites is 1. The summed E-state index contributed by atoms with van der Waals surface area (Å²) in [6.45, 7) is 0. The molecule has 0 saturated heterocycles. The molecule has 23 heavy (non-hydrogen) atoms. The molecule has 2 aromatic heterocycles. The molecule has 1 amide bonds. The van der Waals surface area contributed by atoms with Gasteiger partial charge < -0.3 is 5.11 Å². The Labute approximate surface area is 131 Å². The van der Waals surface area contributed by atoms with Gasteiger partial charge in [-0.1, -0.05) is 18.2 Å². The summed E-state index contributed by atoms with van der Waals surface area (Å²) in [5.74, 6) is -0.351. The Morgan fingerprint density at radius 1 is 1.17 bits per heavy atom. The van der Waals surface area contributed by atoms with Crippen LogP contribution in [0.25, 0.3) is 11.4 Å². The number of pyridine rings is 1. The Morgan fingerprint density at radius 2 is 2.00 bits per heavy atom. The van der Waals surface area contributed by atoms with Gasteiger partial charge in [-0.3, -0.25) is 14.9 Å². The molecule has 1 aromatic carbocycles. The van der Waals surface area contributed by atoms with E-state index >= 15 is 0 Å². The standard InChI is InChI=1S/C16H13N5O2/c22-15-7-2-1-5-11(15)10-18-21-16(23)14-9-13(19-20-14)12-6-3-4-8-17-12/h1-10,22H,(H,19,20)(H,21,23)/b18-10+. The topological polar surface area (TPSA) is 103 Å². The van der Waals surface area contributed by atoms with Crippen LogP contribution in [0.3, 0.4) is 0 Å². The van der Waals surface area contributed by atoms with Gasteiger partial charge in [0.2, 0.25) is 0 Å². The number of nitrogens with zero attached hydrogens (tertiary/aromatic N) is 3. The Balaban J connectivity index is 1.68.